The lowest BCUT2D eigenvalue weighted by Gasteiger charge is -2.36. The molecule has 2 heterocycles. The molecule has 0 amide bonds. The van der Waals surface area contributed by atoms with Gasteiger partial charge in [-0.1, -0.05) is 6.07 Å². The Morgan fingerprint density at radius 2 is 2.36 bits per heavy atom. The van der Waals surface area contributed by atoms with Gasteiger partial charge in [-0.15, -0.1) is 0 Å². The molecule has 1 aliphatic rings. The first-order valence-electron chi connectivity index (χ1n) is 4.61. The molecule has 1 fully saturated rings. The predicted octanol–water partition coefficient (Wildman–Crippen LogP) is 0.598. The molecule has 0 bridgehead atoms. The molecule has 1 saturated heterocycles. The molecule has 74 valence electrons. The zero-order chi connectivity index (χ0) is 9.97. The van der Waals surface area contributed by atoms with Crippen molar-refractivity contribution in [1.82, 2.24) is 9.88 Å². The molecule has 0 spiro atoms. The van der Waals surface area contributed by atoms with E-state index in [0.717, 1.165) is 12.2 Å². The Labute approximate surface area is 82.2 Å². The maximum absolute atomic E-state index is 10.5. The zero-order valence-electron chi connectivity index (χ0n) is 7.76. The second-order valence-corrected chi connectivity index (χ2v) is 3.55. The molecule has 0 saturated carbocycles. The third-order valence-corrected chi connectivity index (χ3v) is 2.42. The summed E-state index contributed by atoms with van der Waals surface area (Å²) in [5, 5.41) is 8.67. The molecule has 0 unspecified atom stereocenters. The first-order valence-corrected chi connectivity index (χ1v) is 4.61. The van der Waals surface area contributed by atoms with E-state index in [1.165, 1.54) is 0 Å². The molecule has 0 radical (unpaired) electrons. The van der Waals surface area contributed by atoms with Gasteiger partial charge < -0.3 is 5.11 Å². The van der Waals surface area contributed by atoms with Crippen LogP contribution in [0.25, 0.3) is 0 Å². The van der Waals surface area contributed by atoms with Gasteiger partial charge in [0, 0.05) is 25.8 Å². The highest BCUT2D eigenvalue weighted by molar-refractivity contribution is 5.71. The molecule has 4 nitrogen and oxygen atoms in total. The molecule has 4 heteroatoms. The van der Waals surface area contributed by atoms with Gasteiger partial charge in [0.05, 0.1) is 11.6 Å². The molecule has 0 aromatic carbocycles. The van der Waals surface area contributed by atoms with E-state index in [2.05, 4.69) is 9.88 Å². The fourth-order valence-electron chi connectivity index (χ4n) is 1.58. The summed E-state index contributed by atoms with van der Waals surface area (Å²) >= 11 is 0. The number of aliphatic carboxylic acids is 1. The lowest BCUT2D eigenvalue weighted by molar-refractivity contribution is -0.147. The molecule has 0 atom stereocenters. The predicted molar refractivity (Wildman–Crippen MR) is 50.6 cm³/mol. The Bertz CT molecular complexity index is 320. The minimum Gasteiger partial charge on any atom is -0.481 e. The van der Waals surface area contributed by atoms with Crippen LogP contribution in [0.4, 0.5) is 0 Å². The number of pyridine rings is 1. The largest absolute Gasteiger partial charge is 0.481 e. The lowest BCUT2D eigenvalue weighted by atomic mass is 10.0. The molecule has 1 aliphatic heterocycles. The van der Waals surface area contributed by atoms with Crippen LogP contribution >= 0.6 is 0 Å². The van der Waals surface area contributed by atoms with Gasteiger partial charge in [0.1, 0.15) is 0 Å². The topological polar surface area (TPSA) is 53.4 Å². The van der Waals surface area contributed by atoms with E-state index in [9.17, 15) is 4.79 Å². The molecule has 0 aliphatic carbocycles. The van der Waals surface area contributed by atoms with Crippen LogP contribution in [-0.2, 0) is 11.3 Å². The van der Waals surface area contributed by atoms with Crippen molar-refractivity contribution in [2.75, 3.05) is 13.1 Å². The normalized spacial score (nSPS) is 17.7. The van der Waals surface area contributed by atoms with Gasteiger partial charge in [0.15, 0.2) is 0 Å². The summed E-state index contributed by atoms with van der Waals surface area (Å²) in [4.78, 5) is 16.8. The van der Waals surface area contributed by atoms with Crippen molar-refractivity contribution in [3.05, 3.63) is 30.1 Å². The molecule has 2 rings (SSSR count). The number of carboxylic acids is 1. The van der Waals surface area contributed by atoms with E-state index in [4.69, 9.17) is 5.11 Å². The van der Waals surface area contributed by atoms with E-state index in [0.29, 0.717) is 13.1 Å². The highest BCUT2D eigenvalue weighted by atomic mass is 16.4. The Balaban J connectivity index is 1.82. The van der Waals surface area contributed by atoms with E-state index < -0.39 is 5.97 Å². The van der Waals surface area contributed by atoms with E-state index in [-0.39, 0.29) is 5.92 Å². The smallest absolute Gasteiger partial charge is 0.309 e. The summed E-state index contributed by atoms with van der Waals surface area (Å²) in [6.45, 7) is 2.04. The van der Waals surface area contributed by atoms with Crippen molar-refractivity contribution in [2.24, 2.45) is 5.92 Å². The summed E-state index contributed by atoms with van der Waals surface area (Å²) < 4.78 is 0. The number of hydrogen-bond acceptors (Lipinski definition) is 3. The number of aromatic nitrogens is 1. The van der Waals surface area contributed by atoms with Crippen LogP contribution < -0.4 is 0 Å². The highest BCUT2D eigenvalue weighted by Crippen LogP contribution is 2.17. The molecular formula is C10H12N2O2. The van der Waals surface area contributed by atoms with E-state index >= 15 is 0 Å². The van der Waals surface area contributed by atoms with Crippen molar-refractivity contribution in [3.63, 3.8) is 0 Å². The average molecular weight is 192 g/mol. The standard InChI is InChI=1S/C10H12N2O2/c13-10(14)8-5-12(6-8)7-9-3-1-2-4-11-9/h1-4,8H,5-7H2,(H,13,14). The monoisotopic (exact) mass is 192 g/mol. The first kappa shape index (κ1) is 9.15. The Morgan fingerprint density at radius 3 is 2.93 bits per heavy atom. The Kier molecular flexibility index (Phi) is 2.45. The van der Waals surface area contributed by atoms with Crippen LogP contribution in [0.5, 0.6) is 0 Å². The van der Waals surface area contributed by atoms with Crippen molar-refractivity contribution < 1.29 is 9.90 Å². The molecule has 1 aromatic rings. The van der Waals surface area contributed by atoms with Gasteiger partial charge in [0.2, 0.25) is 0 Å². The summed E-state index contributed by atoms with van der Waals surface area (Å²) in [6, 6.07) is 5.77. The number of carbonyl (C=O) groups is 1. The SMILES string of the molecule is O=C(O)C1CN(Cc2ccccn2)C1. The quantitative estimate of drug-likeness (QED) is 0.761. The van der Waals surface area contributed by atoms with Gasteiger partial charge >= 0.3 is 5.97 Å². The summed E-state index contributed by atoms with van der Waals surface area (Å²) in [5.41, 5.74) is 0.997. The van der Waals surface area contributed by atoms with Crippen molar-refractivity contribution in [3.8, 4) is 0 Å². The number of nitrogens with zero attached hydrogens (tertiary/aromatic N) is 2. The van der Waals surface area contributed by atoms with Crippen LogP contribution in [0.2, 0.25) is 0 Å². The highest BCUT2D eigenvalue weighted by Gasteiger charge is 2.32. The van der Waals surface area contributed by atoms with E-state index in [1.807, 2.05) is 18.2 Å². The van der Waals surface area contributed by atoms with Crippen LogP contribution in [-0.4, -0.2) is 34.0 Å². The summed E-state index contributed by atoms with van der Waals surface area (Å²) in [6.07, 6.45) is 1.75. The zero-order valence-corrected chi connectivity index (χ0v) is 7.76. The summed E-state index contributed by atoms with van der Waals surface area (Å²) in [5.74, 6) is -0.874. The number of rotatable bonds is 3. The number of likely N-dealkylation sites (tertiary alicyclic amines) is 1. The van der Waals surface area contributed by atoms with Gasteiger partial charge in [0.25, 0.3) is 0 Å². The Morgan fingerprint density at radius 1 is 1.57 bits per heavy atom. The number of carboxylic acid groups (broad SMARTS) is 1. The third-order valence-electron chi connectivity index (χ3n) is 2.42. The van der Waals surface area contributed by atoms with Crippen LogP contribution in [0.3, 0.4) is 0 Å². The first-order chi connectivity index (χ1) is 6.75. The maximum Gasteiger partial charge on any atom is 0.309 e. The molecule has 1 aromatic heterocycles. The minimum absolute atomic E-state index is 0.182. The molecular weight excluding hydrogens is 180 g/mol. The van der Waals surface area contributed by atoms with Crippen molar-refractivity contribution in [1.29, 1.82) is 0 Å². The van der Waals surface area contributed by atoms with Gasteiger partial charge in [-0.3, -0.25) is 14.7 Å². The fourth-order valence-corrected chi connectivity index (χ4v) is 1.58. The van der Waals surface area contributed by atoms with Crippen LogP contribution in [0, 0.1) is 5.92 Å². The van der Waals surface area contributed by atoms with Gasteiger partial charge in [-0.25, -0.2) is 0 Å². The number of hydrogen-bond donors (Lipinski definition) is 1. The van der Waals surface area contributed by atoms with E-state index in [1.54, 1.807) is 6.20 Å². The third kappa shape index (κ3) is 1.90. The van der Waals surface area contributed by atoms with Crippen molar-refractivity contribution >= 4 is 5.97 Å². The second-order valence-electron chi connectivity index (χ2n) is 3.55. The minimum atomic E-state index is -0.692. The molecule has 14 heavy (non-hydrogen) atoms. The van der Waals surface area contributed by atoms with Crippen molar-refractivity contribution in [2.45, 2.75) is 6.54 Å². The van der Waals surface area contributed by atoms with Gasteiger partial charge in [-0.05, 0) is 12.1 Å². The van der Waals surface area contributed by atoms with Crippen LogP contribution in [0.1, 0.15) is 5.69 Å². The molecule has 1 N–H and O–H groups in total. The second kappa shape index (κ2) is 3.75. The average Bonchev–Trinajstić information content (AvgIpc) is 2.12. The Hall–Kier alpha value is -1.42. The maximum atomic E-state index is 10.5. The van der Waals surface area contributed by atoms with Gasteiger partial charge in [-0.2, -0.15) is 0 Å². The summed E-state index contributed by atoms with van der Waals surface area (Å²) in [7, 11) is 0. The van der Waals surface area contributed by atoms with Crippen LogP contribution in [0.15, 0.2) is 24.4 Å². The fraction of sp³-hybridized carbons (Fsp3) is 0.400. The lowest BCUT2D eigenvalue weighted by Crippen LogP contribution is -2.49.